The number of carbonyl (C=O) groups is 1. The van der Waals surface area contributed by atoms with Crippen LogP contribution in [-0.2, 0) is 12.8 Å². The summed E-state index contributed by atoms with van der Waals surface area (Å²) in [7, 11) is 0. The summed E-state index contributed by atoms with van der Waals surface area (Å²) in [6, 6.07) is 13.0. The Morgan fingerprint density at radius 1 is 0.979 bits per heavy atom. The molecule has 0 spiro atoms. The maximum Gasteiger partial charge on any atom is 0.271 e. The largest absolute Gasteiger partial charge is 0.372 e. The van der Waals surface area contributed by atoms with E-state index in [1.165, 1.54) is 41.5 Å². The summed E-state index contributed by atoms with van der Waals surface area (Å²) in [4.78, 5) is 28.6. The Kier molecular flexibility index (Phi) is 9.79. The second kappa shape index (κ2) is 14.5. The SMILES string of the molecule is CCCC(C)c1noc2c3c(ccc12)CCN(CC1CCN(c2ccc(Nc4nc(N5CCCCC5)cnc4C(N)=O)cc2)CC1)CC3. The summed E-state index contributed by atoms with van der Waals surface area (Å²) in [5, 5.41) is 9.06. The van der Waals surface area contributed by atoms with E-state index in [1.807, 2.05) is 0 Å². The second-order valence-corrected chi connectivity index (χ2v) is 14.1. The Morgan fingerprint density at radius 3 is 2.50 bits per heavy atom. The third kappa shape index (κ3) is 6.99. The number of rotatable bonds is 10. The molecule has 0 radical (unpaired) electrons. The quantitative estimate of drug-likeness (QED) is 0.194. The fourth-order valence-electron chi connectivity index (χ4n) is 7.95. The molecule has 3 aliphatic heterocycles. The third-order valence-electron chi connectivity index (χ3n) is 10.7. The van der Waals surface area contributed by atoms with Crippen LogP contribution in [0, 0.1) is 5.92 Å². The number of hydrogen-bond acceptors (Lipinski definition) is 9. The highest BCUT2D eigenvalue weighted by Gasteiger charge is 2.26. The molecular formula is C38H50N8O2. The van der Waals surface area contributed by atoms with E-state index >= 15 is 0 Å². The van der Waals surface area contributed by atoms with Crippen molar-refractivity contribution < 1.29 is 9.32 Å². The Labute approximate surface area is 284 Å². The minimum atomic E-state index is -0.586. The zero-order valence-electron chi connectivity index (χ0n) is 28.6. The van der Waals surface area contributed by atoms with Gasteiger partial charge in [0.15, 0.2) is 17.1 Å². The summed E-state index contributed by atoms with van der Waals surface area (Å²) < 4.78 is 5.98. The van der Waals surface area contributed by atoms with Crippen LogP contribution in [0.5, 0.6) is 0 Å². The first kappa shape index (κ1) is 32.4. The molecule has 7 rings (SSSR count). The van der Waals surface area contributed by atoms with Crippen LogP contribution >= 0.6 is 0 Å². The number of fused-ring (bicyclic) bond motifs is 3. The van der Waals surface area contributed by atoms with E-state index in [1.54, 1.807) is 6.20 Å². The average molecular weight is 651 g/mol. The molecule has 2 saturated heterocycles. The second-order valence-electron chi connectivity index (χ2n) is 14.1. The van der Waals surface area contributed by atoms with Crippen molar-refractivity contribution >= 4 is 39.9 Å². The number of nitrogens with two attached hydrogens (primary N) is 1. The maximum absolute atomic E-state index is 12.1. The predicted octanol–water partition coefficient (Wildman–Crippen LogP) is 6.67. The summed E-state index contributed by atoms with van der Waals surface area (Å²) in [6.07, 6.45) is 11.9. The third-order valence-corrected chi connectivity index (χ3v) is 10.7. The molecule has 3 aliphatic rings. The molecule has 5 heterocycles. The van der Waals surface area contributed by atoms with Gasteiger partial charge in [0.1, 0.15) is 5.82 Å². The van der Waals surface area contributed by atoms with Crippen LogP contribution in [0.25, 0.3) is 11.0 Å². The topological polar surface area (TPSA) is 117 Å². The van der Waals surface area contributed by atoms with Gasteiger partial charge in [-0.3, -0.25) is 4.79 Å². The number of piperidine rings is 2. The van der Waals surface area contributed by atoms with Gasteiger partial charge in [-0.15, -0.1) is 0 Å². The summed E-state index contributed by atoms with van der Waals surface area (Å²) >= 11 is 0. The van der Waals surface area contributed by atoms with Gasteiger partial charge in [-0.2, -0.15) is 0 Å². The maximum atomic E-state index is 12.1. The van der Waals surface area contributed by atoms with Crippen molar-refractivity contribution in [3.8, 4) is 0 Å². The van der Waals surface area contributed by atoms with Gasteiger partial charge in [-0.05, 0) is 93.2 Å². The van der Waals surface area contributed by atoms with Crippen LogP contribution in [0.15, 0.2) is 47.1 Å². The Morgan fingerprint density at radius 2 is 1.75 bits per heavy atom. The van der Waals surface area contributed by atoms with Crippen molar-refractivity contribution in [2.24, 2.45) is 11.7 Å². The van der Waals surface area contributed by atoms with E-state index in [9.17, 15) is 4.79 Å². The van der Waals surface area contributed by atoms with Crippen LogP contribution in [0.3, 0.4) is 0 Å². The molecule has 0 saturated carbocycles. The van der Waals surface area contributed by atoms with Gasteiger partial charge in [-0.1, -0.05) is 31.5 Å². The van der Waals surface area contributed by atoms with Crippen LogP contribution in [0.2, 0.25) is 0 Å². The van der Waals surface area contributed by atoms with Crippen LogP contribution < -0.4 is 20.9 Å². The molecule has 1 unspecified atom stereocenters. The highest BCUT2D eigenvalue weighted by molar-refractivity contribution is 5.96. The van der Waals surface area contributed by atoms with Gasteiger partial charge < -0.3 is 30.3 Å². The monoisotopic (exact) mass is 650 g/mol. The van der Waals surface area contributed by atoms with Crippen LogP contribution in [0.4, 0.5) is 23.0 Å². The molecule has 0 aliphatic carbocycles. The minimum absolute atomic E-state index is 0.160. The highest BCUT2D eigenvalue weighted by atomic mass is 16.5. The lowest BCUT2D eigenvalue weighted by atomic mass is 9.95. The zero-order valence-corrected chi connectivity index (χ0v) is 28.6. The number of carbonyl (C=O) groups excluding carboxylic acids is 1. The molecule has 1 amide bonds. The van der Waals surface area contributed by atoms with E-state index in [4.69, 9.17) is 15.2 Å². The number of primary amides is 1. The van der Waals surface area contributed by atoms with E-state index in [0.29, 0.717) is 17.7 Å². The normalized spacial score (nSPS) is 18.5. The smallest absolute Gasteiger partial charge is 0.271 e. The van der Waals surface area contributed by atoms with E-state index < -0.39 is 5.91 Å². The first-order chi connectivity index (χ1) is 23.5. The fraction of sp³-hybridized carbons (Fsp3) is 0.526. The Hall–Kier alpha value is -4.18. The molecule has 3 N–H and O–H groups in total. The predicted molar refractivity (Wildman–Crippen MR) is 192 cm³/mol. The van der Waals surface area contributed by atoms with E-state index in [-0.39, 0.29) is 5.69 Å². The molecule has 2 fully saturated rings. The van der Waals surface area contributed by atoms with E-state index in [0.717, 1.165) is 107 Å². The van der Waals surface area contributed by atoms with Crippen LogP contribution in [0.1, 0.15) is 92.0 Å². The molecule has 4 aromatic rings. The molecule has 254 valence electrons. The molecule has 2 aromatic heterocycles. The Balaban J connectivity index is 0.930. The highest BCUT2D eigenvalue weighted by Crippen LogP contribution is 2.34. The average Bonchev–Trinajstić information content (AvgIpc) is 3.45. The molecule has 48 heavy (non-hydrogen) atoms. The zero-order chi connectivity index (χ0) is 33.0. The molecule has 10 heteroatoms. The van der Waals surface area contributed by atoms with Gasteiger partial charge in [0.25, 0.3) is 5.91 Å². The number of benzene rings is 2. The van der Waals surface area contributed by atoms with Gasteiger partial charge >= 0.3 is 0 Å². The first-order valence-electron chi connectivity index (χ1n) is 18.1. The molecule has 2 aromatic carbocycles. The van der Waals surface area contributed by atoms with Gasteiger partial charge in [0, 0.05) is 74.1 Å². The van der Waals surface area contributed by atoms with Crippen molar-refractivity contribution in [2.45, 2.75) is 77.6 Å². The fourth-order valence-corrected chi connectivity index (χ4v) is 7.95. The van der Waals surface area contributed by atoms with Gasteiger partial charge in [-0.25, -0.2) is 9.97 Å². The molecule has 10 nitrogen and oxygen atoms in total. The van der Waals surface area contributed by atoms with Crippen molar-refractivity contribution in [1.29, 1.82) is 0 Å². The number of aromatic nitrogens is 3. The van der Waals surface area contributed by atoms with Gasteiger partial charge in [0.05, 0.1) is 11.9 Å². The van der Waals surface area contributed by atoms with Crippen molar-refractivity contribution in [2.75, 3.05) is 60.9 Å². The lowest BCUT2D eigenvalue weighted by Gasteiger charge is -2.36. The van der Waals surface area contributed by atoms with E-state index in [2.05, 4.69) is 80.4 Å². The molecule has 0 bridgehead atoms. The standard InChI is InChI=1S/C38H50N8O2/c1-3-7-26(2)34-32-13-8-28-16-20-44(21-17-31(28)36(32)48-43-34)25-27-14-22-45(23-15-27)30-11-9-29(10-12-30)41-38-35(37(39)47)40-24-33(42-38)46-18-5-4-6-19-46/h8-13,24,26-27H,3-7,14-23,25H2,1-2H3,(H2,39,47)(H,41,42). The summed E-state index contributed by atoms with van der Waals surface area (Å²) in [5.41, 5.74) is 12.8. The number of hydrogen-bond donors (Lipinski definition) is 2. The number of amides is 1. The number of nitrogens with zero attached hydrogens (tertiary/aromatic N) is 6. The lowest BCUT2D eigenvalue weighted by molar-refractivity contribution is 0.0996. The Bertz CT molecular complexity index is 1710. The first-order valence-corrected chi connectivity index (χ1v) is 18.1. The number of nitrogens with one attached hydrogen (secondary N) is 1. The molecular weight excluding hydrogens is 600 g/mol. The van der Waals surface area contributed by atoms with Crippen molar-refractivity contribution in [3.05, 3.63) is 65.1 Å². The number of anilines is 4. The lowest BCUT2D eigenvalue weighted by Crippen LogP contribution is -2.39. The summed E-state index contributed by atoms with van der Waals surface area (Å²) in [5.74, 6) is 1.73. The molecule has 1 atom stereocenters. The van der Waals surface area contributed by atoms with Crippen LogP contribution in [-0.4, -0.2) is 71.7 Å². The van der Waals surface area contributed by atoms with Gasteiger partial charge in [0.2, 0.25) is 0 Å². The minimum Gasteiger partial charge on any atom is -0.372 e. The van der Waals surface area contributed by atoms with Crippen molar-refractivity contribution in [3.63, 3.8) is 0 Å². The van der Waals surface area contributed by atoms with Crippen molar-refractivity contribution in [1.82, 2.24) is 20.0 Å². The summed E-state index contributed by atoms with van der Waals surface area (Å²) in [6.45, 7) is 11.8.